The van der Waals surface area contributed by atoms with Crippen molar-refractivity contribution in [2.75, 3.05) is 13.2 Å². The van der Waals surface area contributed by atoms with E-state index in [1.165, 1.54) is 6.42 Å². The van der Waals surface area contributed by atoms with Crippen LogP contribution >= 0.6 is 9.03 Å². The van der Waals surface area contributed by atoms with Crippen molar-refractivity contribution < 1.29 is 9.42 Å². The van der Waals surface area contributed by atoms with Gasteiger partial charge in [0.25, 0.3) is 0 Å². The summed E-state index contributed by atoms with van der Waals surface area (Å²) in [5, 5.41) is 0. The lowest BCUT2D eigenvalue weighted by Gasteiger charge is -1.98. The van der Waals surface area contributed by atoms with Gasteiger partial charge >= 0.3 is 0 Å². The van der Waals surface area contributed by atoms with Crippen molar-refractivity contribution in [1.82, 2.24) is 0 Å². The van der Waals surface area contributed by atoms with Crippen molar-refractivity contribution >= 4 is 9.03 Å². The Morgan fingerprint density at radius 1 is 1.20 bits per heavy atom. The van der Waals surface area contributed by atoms with Gasteiger partial charge in [0.1, 0.15) is 0 Å². The normalized spacial score (nSPS) is 11.4. The molecule has 0 amide bonds. The maximum Gasteiger partial charge on any atom is 0.152 e. The van der Waals surface area contributed by atoms with E-state index in [0.717, 1.165) is 25.8 Å². The third kappa shape index (κ3) is 8.31. The van der Waals surface area contributed by atoms with Gasteiger partial charge < -0.3 is 15.2 Å². The van der Waals surface area contributed by atoms with Crippen molar-refractivity contribution in [3.8, 4) is 0 Å². The van der Waals surface area contributed by atoms with Crippen LogP contribution in [-0.2, 0) is 4.52 Å². The van der Waals surface area contributed by atoms with Gasteiger partial charge in [-0.15, -0.1) is 0 Å². The van der Waals surface area contributed by atoms with Crippen molar-refractivity contribution in [1.29, 1.82) is 0 Å². The summed E-state index contributed by atoms with van der Waals surface area (Å²) in [4.78, 5) is 8.25. The van der Waals surface area contributed by atoms with Gasteiger partial charge in [-0.2, -0.15) is 0 Å². The fourth-order valence-electron chi connectivity index (χ4n) is 0.718. The summed E-state index contributed by atoms with van der Waals surface area (Å²) >= 11 is 0. The van der Waals surface area contributed by atoms with E-state index in [1.54, 1.807) is 0 Å². The lowest BCUT2D eigenvalue weighted by Crippen LogP contribution is -1.98. The minimum Gasteiger partial charge on any atom is -0.352 e. The summed E-state index contributed by atoms with van der Waals surface area (Å²) in [6.07, 6.45) is 4.46. The van der Waals surface area contributed by atoms with Crippen LogP contribution in [0.25, 0.3) is 0 Å². The zero-order chi connectivity index (χ0) is 7.66. The van der Waals surface area contributed by atoms with Crippen molar-refractivity contribution in [3.05, 3.63) is 0 Å². The molecule has 4 heteroatoms. The fourth-order valence-corrected chi connectivity index (χ4v) is 0.953. The molecule has 0 aliphatic carbocycles. The molecule has 0 aromatic rings. The van der Waals surface area contributed by atoms with E-state index in [2.05, 4.69) is 0 Å². The Balaban J connectivity index is 2.65. The van der Waals surface area contributed by atoms with E-state index in [4.69, 9.17) is 15.2 Å². The highest BCUT2D eigenvalue weighted by atomic mass is 31.1. The molecule has 0 aromatic carbocycles. The molecule has 0 spiro atoms. The van der Waals surface area contributed by atoms with Crippen LogP contribution in [0.5, 0.6) is 0 Å². The highest BCUT2D eigenvalue weighted by molar-refractivity contribution is 7.24. The summed E-state index contributed by atoms with van der Waals surface area (Å²) in [6.45, 7) is 1.46. The predicted octanol–water partition coefficient (Wildman–Crippen LogP) is 1.02. The van der Waals surface area contributed by atoms with E-state index in [0.29, 0.717) is 6.61 Å². The predicted molar refractivity (Wildman–Crippen MR) is 44.0 cm³/mol. The molecule has 0 fully saturated rings. The second-order valence-corrected chi connectivity index (χ2v) is 2.61. The molecule has 0 aliphatic heterocycles. The van der Waals surface area contributed by atoms with Crippen LogP contribution in [0.3, 0.4) is 0 Å². The minimum absolute atomic E-state index is 0.355. The average Bonchev–Trinajstić information content (AvgIpc) is 1.97. The third-order valence-electron chi connectivity index (χ3n) is 1.27. The zero-order valence-corrected chi connectivity index (χ0v) is 7.18. The highest BCUT2D eigenvalue weighted by Gasteiger charge is 1.87. The Bertz CT molecular complexity index is 55.7. The Morgan fingerprint density at radius 3 is 2.50 bits per heavy atom. The second-order valence-electron chi connectivity index (χ2n) is 2.14. The van der Waals surface area contributed by atoms with Gasteiger partial charge in [-0.25, -0.2) is 0 Å². The van der Waals surface area contributed by atoms with Gasteiger partial charge in [-0.05, 0) is 19.4 Å². The first-order valence-corrected chi connectivity index (χ1v) is 4.48. The van der Waals surface area contributed by atoms with E-state index in [9.17, 15) is 0 Å². The number of hydrogen-bond acceptors (Lipinski definition) is 3. The van der Waals surface area contributed by atoms with Crippen LogP contribution < -0.4 is 5.73 Å². The van der Waals surface area contributed by atoms with Crippen molar-refractivity contribution in [2.45, 2.75) is 25.7 Å². The molecule has 0 aromatic heterocycles. The van der Waals surface area contributed by atoms with Crippen molar-refractivity contribution in [3.63, 3.8) is 0 Å². The second kappa shape index (κ2) is 9.31. The van der Waals surface area contributed by atoms with E-state index < -0.39 is 0 Å². The van der Waals surface area contributed by atoms with Gasteiger partial charge in [-0.1, -0.05) is 12.8 Å². The maximum atomic E-state index is 8.25. The summed E-state index contributed by atoms with van der Waals surface area (Å²) in [6, 6.07) is 0. The molecule has 0 rings (SSSR count). The molecule has 10 heavy (non-hydrogen) atoms. The number of hydrogen-bond donors (Lipinski definition) is 2. The molecule has 0 saturated carbocycles. The molecule has 3 nitrogen and oxygen atoms in total. The Morgan fingerprint density at radius 2 is 1.90 bits per heavy atom. The van der Waals surface area contributed by atoms with Crippen LogP contribution in [0.4, 0.5) is 0 Å². The van der Waals surface area contributed by atoms with Crippen LogP contribution in [-0.4, -0.2) is 18.0 Å². The molecule has 0 bridgehead atoms. The Labute approximate surface area is 63.9 Å². The molecule has 0 radical (unpaired) electrons. The van der Waals surface area contributed by atoms with Crippen LogP contribution in [0.1, 0.15) is 25.7 Å². The van der Waals surface area contributed by atoms with Crippen molar-refractivity contribution in [2.24, 2.45) is 5.73 Å². The average molecular weight is 165 g/mol. The van der Waals surface area contributed by atoms with Gasteiger partial charge in [0, 0.05) is 0 Å². The van der Waals surface area contributed by atoms with Crippen LogP contribution in [0, 0.1) is 0 Å². The first kappa shape index (κ1) is 10.3. The fraction of sp³-hybridized carbons (Fsp3) is 1.00. The van der Waals surface area contributed by atoms with E-state index in [-0.39, 0.29) is 9.03 Å². The number of nitrogens with two attached hydrogens (primary N) is 1. The van der Waals surface area contributed by atoms with E-state index >= 15 is 0 Å². The standard InChI is InChI=1S/C6H16NO2P/c7-5-3-1-2-4-6-9-10-8/h8,10H,1-7H2. The molecule has 62 valence electrons. The lowest BCUT2D eigenvalue weighted by molar-refractivity contribution is 0.314. The lowest BCUT2D eigenvalue weighted by atomic mass is 10.2. The molecule has 0 saturated heterocycles. The van der Waals surface area contributed by atoms with Crippen LogP contribution in [0.15, 0.2) is 0 Å². The zero-order valence-electron chi connectivity index (χ0n) is 6.18. The van der Waals surface area contributed by atoms with Gasteiger partial charge in [-0.3, -0.25) is 0 Å². The maximum absolute atomic E-state index is 8.25. The molecule has 3 N–H and O–H groups in total. The number of rotatable bonds is 7. The monoisotopic (exact) mass is 165 g/mol. The highest BCUT2D eigenvalue weighted by Crippen LogP contribution is 2.06. The quantitative estimate of drug-likeness (QED) is 0.437. The van der Waals surface area contributed by atoms with Gasteiger partial charge in [0.05, 0.1) is 6.61 Å². The SMILES string of the molecule is NCCCCCCOPO. The largest absolute Gasteiger partial charge is 0.352 e. The molecular weight excluding hydrogens is 149 g/mol. The Hall–Kier alpha value is 0.310. The molecule has 0 aliphatic rings. The first-order valence-electron chi connectivity index (χ1n) is 3.62. The molecule has 1 atom stereocenters. The first-order chi connectivity index (χ1) is 4.91. The topological polar surface area (TPSA) is 55.5 Å². The molecule has 1 unspecified atom stereocenters. The smallest absolute Gasteiger partial charge is 0.152 e. The summed E-state index contributed by atoms with van der Waals surface area (Å²) in [5.74, 6) is 0. The Kier molecular flexibility index (Phi) is 9.60. The van der Waals surface area contributed by atoms with Gasteiger partial charge in [0.15, 0.2) is 9.03 Å². The molecular formula is C6H16NO2P. The summed E-state index contributed by atoms with van der Waals surface area (Å²) in [5.41, 5.74) is 5.30. The van der Waals surface area contributed by atoms with Crippen LogP contribution in [0.2, 0.25) is 0 Å². The van der Waals surface area contributed by atoms with E-state index in [1.807, 2.05) is 0 Å². The molecule has 0 heterocycles. The van der Waals surface area contributed by atoms with Gasteiger partial charge in [0.2, 0.25) is 0 Å². The summed E-state index contributed by atoms with van der Waals surface area (Å²) in [7, 11) is -0.355. The summed E-state index contributed by atoms with van der Waals surface area (Å²) < 4.78 is 4.77. The third-order valence-corrected chi connectivity index (χ3v) is 1.60. The minimum atomic E-state index is -0.355. The number of unbranched alkanes of at least 4 members (excludes halogenated alkanes) is 3.